The van der Waals surface area contributed by atoms with E-state index in [2.05, 4.69) is 43.1 Å². The Labute approximate surface area is 122 Å². The van der Waals surface area contributed by atoms with Gasteiger partial charge in [0.1, 0.15) is 0 Å². The Morgan fingerprint density at radius 2 is 2.11 bits per heavy atom. The molecule has 1 aromatic carbocycles. The van der Waals surface area contributed by atoms with Gasteiger partial charge in [0.15, 0.2) is 0 Å². The van der Waals surface area contributed by atoms with E-state index in [-0.39, 0.29) is 0 Å². The van der Waals surface area contributed by atoms with E-state index in [1.807, 2.05) is 12.1 Å². The van der Waals surface area contributed by atoms with Crippen molar-refractivity contribution in [3.8, 4) is 0 Å². The molecule has 1 saturated heterocycles. The number of nitrogens with one attached hydrogen (secondary N) is 1. The van der Waals surface area contributed by atoms with Crippen LogP contribution in [-0.4, -0.2) is 25.2 Å². The molecule has 1 heterocycles. The topological polar surface area (TPSA) is 15.3 Å². The predicted molar refractivity (Wildman–Crippen MR) is 84.1 cm³/mol. The Morgan fingerprint density at radius 1 is 1.37 bits per heavy atom. The first-order chi connectivity index (χ1) is 9.11. The van der Waals surface area contributed by atoms with Gasteiger partial charge in [-0.25, -0.2) is 0 Å². The quantitative estimate of drug-likeness (QED) is 0.899. The molecule has 1 fully saturated rings. The van der Waals surface area contributed by atoms with Crippen molar-refractivity contribution in [3.05, 3.63) is 29.3 Å². The highest BCUT2D eigenvalue weighted by Gasteiger charge is 2.28. The van der Waals surface area contributed by atoms with Gasteiger partial charge in [-0.1, -0.05) is 44.5 Å². The summed E-state index contributed by atoms with van der Waals surface area (Å²) in [6.07, 6.45) is 2.37. The van der Waals surface area contributed by atoms with Crippen LogP contribution in [0, 0.1) is 5.92 Å². The first-order valence-electron chi connectivity index (χ1n) is 7.36. The van der Waals surface area contributed by atoms with Crippen molar-refractivity contribution in [2.75, 3.05) is 18.0 Å². The second-order valence-corrected chi connectivity index (χ2v) is 6.31. The van der Waals surface area contributed by atoms with Crippen LogP contribution in [0.25, 0.3) is 0 Å². The van der Waals surface area contributed by atoms with Gasteiger partial charge in [0.25, 0.3) is 0 Å². The van der Waals surface area contributed by atoms with Crippen molar-refractivity contribution in [2.45, 2.75) is 45.7 Å². The van der Waals surface area contributed by atoms with E-state index in [1.165, 1.54) is 12.1 Å². The SMILES string of the molecule is CCC1CNC(CC(C)C)CN1c1ccccc1Cl. The standard InChI is InChI=1S/C16H25ClN2/c1-4-14-10-18-13(9-12(2)3)11-19(14)16-8-6-5-7-15(16)17/h5-8,12-14,18H,4,9-11H2,1-3H3. The van der Waals surface area contributed by atoms with Gasteiger partial charge >= 0.3 is 0 Å². The van der Waals surface area contributed by atoms with Gasteiger partial charge in [-0.15, -0.1) is 0 Å². The Hall–Kier alpha value is -0.730. The van der Waals surface area contributed by atoms with Crippen LogP contribution in [0.2, 0.25) is 5.02 Å². The van der Waals surface area contributed by atoms with Gasteiger partial charge in [0.2, 0.25) is 0 Å². The number of hydrogen-bond acceptors (Lipinski definition) is 2. The number of halogens is 1. The number of benzene rings is 1. The third-order valence-corrected chi connectivity index (χ3v) is 4.21. The molecule has 2 rings (SSSR count). The molecule has 0 aromatic heterocycles. The largest absolute Gasteiger partial charge is 0.365 e. The molecule has 1 N–H and O–H groups in total. The minimum atomic E-state index is 0.545. The maximum absolute atomic E-state index is 6.37. The fourth-order valence-corrected chi connectivity index (χ4v) is 3.18. The maximum atomic E-state index is 6.37. The van der Waals surface area contributed by atoms with Gasteiger partial charge in [0, 0.05) is 25.2 Å². The first kappa shape index (κ1) is 14.7. The van der Waals surface area contributed by atoms with Gasteiger partial charge in [-0.3, -0.25) is 0 Å². The predicted octanol–water partition coefficient (Wildman–Crippen LogP) is 3.94. The van der Waals surface area contributed by atoms with Crippen molar-refractivity contribution < 1.29 is 0 Å². The fraction of sp³-hybridized carbons (Fsp3) is 0.625. The molecule has 2 nitrogen and oxygen atoms in total. The molecule has 0 amide bonds. The summed E-state index contributed by atoms with van der Waals surface area (Å²) in [5.74, 6) is 0.726. The van der Waals surface area contributed by atoms with Crippen molar-refractivity contribution in [1.82, 2.24) is 5.32 Å². The lowest BCUT2D eigenvalue weighted by molar-refractivity contribution is 0.343. The molecule has 1 aromatic rings. The zero-order chi connectivity index (χ0) is 13.8. The summed E-state index contributed by atoms with van der Waals surface area (Å²) in [6.45, 7) is 8.93. The molecule has 0 spiro atoms. The number of anilines is 1. The van der Waals surface area contributed by atoms with E-state index in [4.69, 9.17) is 11.6 Å². The van der Waals surface area contributed by atoms with Crippen LogP contribution >= 0.6 is 11.6 Å². The minimum Gasteiger partial charge on any atom is -0.365 e. The van der Waals surface area contributed by atoms with Crippen LogP contribution in [0.15, 0.2) is 24.3 Å². The molecule has 2 unspecified atom stereocenters. The minimum absolute atomic E-state index is 0.545. The zero-order valence-corrected chi connectivity index (χ0v) is 13.0. The maximum Gasteiger partial charge on any atom is 0.0639 e. The molecule has 1 aliphatic heterocycles. The smallest absolute Gasteiger partial charge is 0.0639 e. The number of rotatable bonds is 4. The van der Waals surface area contributed by atoms with Crippen LogP contribution in [0.5, 0.6) is 0 Å². The summed E-state index contributed by atoms with van der Waals surface area (Å²) in [7, 11) is 0. The van der Waals surface area contributed by atoms with Crippen molar-refractivity contribution >= 4 is 17.3 Å². The third-order valence-electron chi connectivity index (χ3n) is 3.89. The van der Waals surface area contributed by atoms with Gasteiger partial charge in [0.05, 0.1) is 10.7 Å². The Balaban J connectivity index is 2.16. The molecule has 106 valence electrons. The van der Waals surface area contributed by atoms with Crippen molar-refractivity contribution in [2.24, 2.45) is 5.92 Å². The van der Waals surface area contributed by atoms with Gasteiger partial charge in [-0.2, -0.15) is 0 Å². The molecular formula is C16H25ClN2. The summed E-state index contributed by atoms with van der Waals surface area (Å²) in [5.41, 5.74) is 1.19. The number of para-hydroxylation sites is 1. The third kappa shape index (κ3) is 3.64. The van der Waals surface area contributed by atoms with E-state index in [0.29, 0.717) is 12.1 Å². The summed E-state index contributed by atoms with van der Waals surface area (Å²) in [4.78, 5) is 2.49. The average Bonchev–Trinajstić information content (AvgIpc) is 2.38. The van der Waals surface area contributed by atoms with Crippen LogP contribution in [0.3, 0.4) is 0 Å². The van der Waals surface area contributed by atoms with Crippen molar-refractivity contribution in [3.63, 3.8) is 0 Å². The Morgan fingerprint density at radius 3 is 2.74 bits per heavy atom. The highest BCUT2D eigenvalue weighted by atomic mass is 35.5. The van der Waals surface area contributed by atoms with Crippen LogP contribution in [-0.2, 0) is 0 Å². The number of nitrogens with zero attached hydrogens (tertiary/aromatic N) is 1. The fourth-order valence-electron chi connectivity index (χ4n) is 2.94. The lowest BCUT2D eigenvalue weighted by Gasteiger charge is -2.42. The zero-order valence-electron chi connectivity index (χ0n) is 12.2. The van der Waals surface area contributed by atoms with E-state index >= 15 is 0 Å². The van der Waals surface area contributed by atoms with E-state index in [0.717, 1.165) is 30.5 Å². The molecule has 0 bridgehead atoms. The molecule has 0 radical (unpaired) electrons. The number of hydrogen-bond donors (Lipinski definition) is 1. The lowest BCUT2D eigenvalue weighted by Crippen LogP contribution is -2.56. The second-order valence-electron chi connectivity index (χ2n) is 5.90. The first-order valence-corrected chi connectivity index (χ1v) is 7.74. The highest BCUT2D eigenvalue weighted by Crippen LogP contribution is 2.29. The monoisotopic (exact) mass is 280 g/mol. The van der Waals surface area contributed by atoms with Gasteiger partial charge < -0.3 is 10.2 Å². The highest BCUT2D eigenvalue weighted by molar-refractivity contribution is 6.33. The normalized spacial score (nSPS) is 23.9. The number of piperazine rings is 1. The van der Waals surface area contributed by atoms with E-state index in [9.17, 15) is 0 Å². The molecule has 2 atom stereocenters. The average molecular weight is 281 g/mol. The van der Waals surface area contributed by atoms with Crippen LogP contribution in [0.4, 0.5) is 5.69 Å². The molecule has 19 heavy (non-hydrogen) atoms. The van der Waals surface area contributed by atoms with Gasteiger partial charge in [-0.05, 0) is 30.9 Å². The molecule has 1 aliphatic rings. The van der Waals surface area contributed by atoms with E-state index in [1.54, 1.807) is 0 Å². The molecule has 3 heteroatoms. The Bertz CT molecular complexity index is 405. The summed E-state index contributed by atoms with van der Waals surface area (Å²) >= 11 is 6.37. The second kappa shape index (κ2) is 6.62. The molecule has 0 aliphatic carbocycles. The molecule has 0 saturated carbocycles. The summed E-state index contributed by atoms with van der Waals surface area (Å²) in [6, 6.07) is 9.32. The molecular weight excluding hydrogens is 256 g/mol. The summed E-state index contributed by atoms with van der Waals surface area (Å²) < 4.78 is 0. The summed E-state index contributed by atoms with van der Waals surface area (Å²) in [5, 5.41) is 4.55. The van der Waals surface area contributed by atoms with E-state index < -0.39 is 0 Å². The van der Waals surface area contributed by atoms with Crippen LogP contribution < -0.4 is 10.2 Å². The van der Waals surface area contributed by atoms with Crippen molar-refractivity contribution in [1.29, 1.82) is 0 Å². The Kier molecular flexibility index (Phi) is 5.12. The lowest BCUT2D eigenvalue weighted by atomic mass is 9.98. The van der Waals surface area contributed by atoms with Crippen LogP contribution in [0.1, 0.15) is 33.6 Å².